The second kappa shape index (κ2) is 3.73. The molecule has 0 atom stereocenters. The molecule has 16 heavy (non-hydrogen) atoms. The lowest BCUT2D eigenvalue weighted by atomic mass is 10.3. The van der Waals surface area contributed by atoms with E-state index in [1.807, 2.05) is 0 Å². The van der Waals surface area contributed by atoms with Crippen LogP contribution in [0.4, 0.5) is 0 Å². The van der Waals surface area contributed by atoms with Gasteiger partial charge in [0.1, 0.15) is 11.5 Å². The third-order valence-electron chi connectivity index (χ3n) is 2.24. The number of hydrogen-bond donors (Lipinski definition) is 0. The van der Waals surface area contributed by atoms with Gasteiger partial charge in [0, 0.05) is 6.20 Å². The van der Waals surface area contributed by atoms with Crippen molar-refractivity contribution in [3.63, 3.8) is 0 Å². The van der Waals surface area contributed by atoms with Crippen LogP contribution in [0.25, 0.3) is 11.4 Å². The minimum atomic E-state index is 0.0637. The molecule has 6 heteroatoms. The van der Waals surface area contributed by atoms with Crippen molar-refractivity contribution >= 4 is 0 Å². The molecule has 6 nitrogen and oxygen atoms in total. The van der Waals surface area contributed by atoms with E-state index in [1.165, 1.54) is 19.2 Å². The molecule has 0 spiro atoms. The van der Waals surface area contributed by atoms with Gasteiger partial charge in [0.25, 0.3) is 5.69 Å². The molecule has 0 aromatic carbocycles. The van der Waals surface area contributed by atoms with Crippen LogP contribution in [-0.2, 0) is 0 Å². The quantitative estimate of drug-likeness (QED) is 0.499. The van der Waals surface area contributed by atoms with Crippen LogP contribution in [0.3, 0.4) is 0 Å². The van der Waals surface area contributed by atoms with Crippen LogP contribution in [0.1, 0.15) is 11.6 Å². The summed E-state index contributed by atoms with van der Waals surface area (Å²) in [5.74, 6) is 0.641. The third kappa shape index (κ3) is 1.65. The van der Waals surface area contributed by atoms with Crippen molar-refractivity contribution in [3.05, 3.63) is 46.6 Å². The van der Waals surface area contributed by atoms with E-state index in [0.29, 0.717) is 26.7 Å². The first kappa shape index (κ1) is 10.3. The van der Waals surface area contributed by atoms with Gasteiger partial charge in [0.15, 0.2) is 6.20 Å². The summed E-state index contributed by atoms with van der Waals surface area (Å²) in [4.78, 5) is 8.08. The summed E-state index contributed by atoms with van der Waals surface area (Å²) in [7, 11) is 0. The Bertz CT molecular complexity index is 542. The minimum Gasteiger partial charge on any atom is -0.614 e. The number of aromatic nitrogens is 4. The van der Waals surface area contributed by atoms with E-state index >= 15 is 0 Å². The molecule has 0 radical (unpaired) electrons. The van der Waals surface area contributed by atoms with Gasteiger partial charge in [-0.2, -0.15) is 0 Å². The molecule has 2 aromatic rings. The Morgan fingerprint density at radius 2 is 1.94 bits per heavy atom. The van der Waals surface area contributed by atoms with Gasteiger partial charge in [-0.3, -0.25) is 0 Å². The minimum absolute atomic E-state index is 0.0637. The molecule has 2 rings (SSSR count). The molecule has 0 fully saturated rings. The summed E-state index contributed by atoms with van der Waals surface area (Å²) in [6.07, 6.45) is 2.86. The molecule has 0 aliphatic rings. The molecule has 2 heterocycles. The first-order chi connectivity index (χ1) is 7.59. The summed E-state index contributed by atoms with van der Waals surface area (Å²) < 4.78 is 1.08. The summed E-state index contributed by atoms with van der Waals surface area (Å²) in [6, 6.07) is 3.07. The van der Waals surface area contributed by atoms with Gasteiger partial charge in [0.2, 0.25) is 0 Å². The van der Waals surface area contributed by atoms with E-state index in [-0.39, 0.29) is 5.82 Å². The summed E-state index contributed by atoms with van der Waals surface area (Å²) in [5, 5.41) is 22.9. The van der Waals surface area contributed by atoms with Gasteiger partial charge in [-0.1, -0.05) is 0 Å². The summed E-state index contributed by atoms with van der Waals surface area (Å²) in [6.45, 7) is 3.19. The molecule has 0 bridgehead atoms. The van der Waals surface area contributed by atoms with Crippen molar-refractivity contribution in [1.29, 1.82) is 0 Å². The lowest BCUT2D eigenvalue weighted by molar-refractivity contribution is -0.750. The molecule has 82 valence electrons. The van der Waals surface area contributed by atoms with E-state index in [9.17, 15) is 10.4 Å². The molecular weight excluding hydrogens is 208 g/mol. The Hall–Kier alpha value is -2.24. The monoisotopic (exact) mass is 218 g/mol. The Kier molecular flexibility index (Phi) is 2.40. The van der Waals surface area contributed by atoms with Crippen LogP contribution >= 0.6 is 0 Å². The average molecular weight is 218 g/mol. The topological polar surface area (TPSA) is 79.7 Å². The van der Waals surface area contributed by atoms with E-state index < -0.39 is 0 Å². The van der Waals surface area contributed by atoms with Crippen LogP contribution in [0.15, 0.2) is 24.5 Å². The van der Waals surface area contributed by atoms with E-state index in [1.54, 1.807) is 19.2 Å². The molecule has 0 saturated carbocycles. The first-order valence-electron chi connectivity index (χ1n) is 4.72. The van der Waals surface area contributed by atoms with Crippen LogP contribution in [-0.4, -0.2) is 9.97 Å². The Labute approximate surface area is 92.0 Å². The van der Waals surface area contributed by atoms with Gasteiger partial charge in [0.05, 0.1) is 13.0 Å². The maximum Gasteiger partial charge on any atom is 0.438 e. The highest BCUT2D eigenvalue weighted by molar-refractivity contribution is 5.48. The predicted molar refractivity (Wildman–Crippen MR) is 54.9 cm³/mol. The fourth-order valence-electron chi connectivity index (χ4n) is 1.37. The maximum atomic E-state index is 11.7. The SMILES string of the molecule is Cc1nccc(-c2cc[n+]([O-])c(C)[n+]2[O-])n1. The van der Waals surface area contributed by atoms with Crippen molar-refractivity contribution in [2.24, 2.45) is 0 Å². The van der Waals surface area contributed by atoms with Crippen molar-refractivity contribution in [2.75, 3.05) is 0 Å². The zero-order valence-electron chi connectivity index (χ0n) is 8.91. The van der Waals surface area contributed by atoms with Crippen LogP contribution in [0.5, 0.6) is 0 Å². The zero-order valence-corrected chi connectivity index (χ0v) is 8.91. The molecular formula is C10H10N4O2. The largest absolute Gasteiger partial charge is 0.614 e. The van der Waals surface area contributed by atoms with Crippen LogP contribution in [0, 0.1) is 24.3 Å². The molecule has 0 amide bonds. The Balaban J connectivity index is 2.61. The highest BCUT2D eigenvalue weighted by Crippen LogP contribution is 2.10. The fraction of sp³-hybridized carbons (Fsp3) is 0.200. The lowest BCUT2D eigenvalue weighted by Crippen LogP contribution is -2.47. The number of aryl methyl sites for hydroxylation is 1. The first-order valence-corrected chi connectivity index (χ1v) is 4.72. The van der Waals surface area contributed by atoms with Crippen molar-refractivity contribution in [2.45, 2.75) is 13.8 Å². The highest BCUT2D eigenvalue weighted by Gasteiger charge is 2.18. The molecule has 0 unspecified atom stereocenters. The van der Waals surface area contributed by atoms with E-state index in [4.69, 9.17) is 0 Å². The van der Waals surface area contributed by atoms with Gasteiger partial charge < -0.3 is 10.4 Å². The molecule has 0 saturated heterocycles. The smallest absolute Gasteiger partial charge is 0.438 e. The van der Waals surface area contributed by atoms with Crippen molar-refractivity contribution < 1.29 is 9.46 Å². The van der Waals surface area contributed by atoms with Gasteiger partial charge in [-0.15, -0.1) is 9.46 Å². The predicted octanol–water partition coefficient (Wildman–Crippen LogP) is 0.0272. The highest BCUT2D eigenvalue weighted by atomic mass is 16.5. The normalized spacial score (nSPS) is 10.4. The van der Waals surface area contributed by atoms with Gasteiger partial charge in [-0.05, 0) is 13.0 Å². The number of hydrogen-bond acceptors (Lipinski definition) is 4. The Morgan fingerprint density at radius 1 is 1.19 bits per heavy atom. The van der Waals surface area contributed by atoms with Gasteiger partial charge in [-0.25, -0.2) is 9.97 Å². The molecule has 0 aliphatic carbocycles. The zero-order chi connectivity index (χ0) is 11.7. The second-order valence-electron chi connectivity index (χ2n) is 3.36. The lowest BCUT2D eigenvalue weighted by Gasteiger charge is -2.05. The van der Waals surface area contributed by atoms with Crippen LogP contribution in [0.2, 0.25) is 0 Å². The molecule has 0 N–H and O–H groups in total. The maximum absolute atomic E-state index is 11.7. The van der Waals surface area contributed by atoms with E-state index in [0.717, 1.165) is 0 Å². The second-order valence-corrected chi connectivity index (χ2v) is 3.36. The number of nitrogens with zero attached hydrogens (tertiary/aromatic N) is 4. The Morgan fingerprint density at radius 3 is 2.62 bits per heavy atom. The summed E-state index contributed by atoms with van der Waals surface area (Å²) in [5.41, 5.74) is 0.848. The van der Waals surface area contributed by atoms with Crippen molar-refractivity contribution in [3.8, 4) is 11.4 Å². The molecule has 2 aromatic heterocycles. The van der Waals surface area contributed by atoms with Crippen molar-refractivity contribution in [1.82, 2.24) is 9.97 Å². The standard InChI is InChI=1S/C10H10N4O2/c1-7-11-5-3-9(12-7)10-4-6-13(15)8(2)14(10)16/h3-6H,1-2H3. The van der Waals surface area contributed by atoms with E-state index in [2.05, 4.69) is 9.97 Å². The van der Waals surface area contributed by atoms with Gasteiger partial charge >= 0.3 is 5.82 Å². The summed E-state index contributed by atoms with van der Waals surface area (Å²) >= 11 is 0. The average Bonchev–Trinajstić information content (AvgIpc) is 2.26. The molecule has 0 aliphatic heterocycles. The number of rotatable bonds is 1. The third-order valence-corrected chi connectivity index (χ3v) is 2.24. The van der Waals surface area contributed by atoms with Crippen LogP contribution < -0.4 is 9.46 Å². The fourth-order valence-corrected chi connectivity index (χ4v) is 1.37.